The Balaban J connectivity index is 1.35. The highest BCUT2D eigenvalue weighted by Gasteiger charge is 2.34. The van der Waals surface area contributed by atoms with Gasteiger partial charge in [-0.2, -0.15) is 0 Å². The fourth-order valence-corrected chi connectivity index (χ4v) is 5.50. The minimum Gasteiger partial charge on any atom is -0.351 e. The Morgan fingerprint density at radius 1 is 0.857 bits per heavy atom. The maximum Gasteiger partial charge on any atom is 0.289 e. The SMILES string of the molecule is O=C(NC1CCCCC1)C(=O)[C@H](CC1=CCNC1=O)NC(=O)[C@H](Cc1ccccc1)NC(=O)c1cc2ccccc2[nH]1. The molecule has 0 bridgehead atoms. The molecule has 2 heterocycles. The van der Waals surface area contributed by atoms with Crippen molar-refractivity contribution in [3.05, 3.63) is 83.6 Å². The first-order valence-electron chi connectivity index (χ1n) is 14.4. The predicted octanol–water partition coefficient (Wildman–Crippen LogP) is 2.46. The van der Waals surface area contributed by atoms with Crippen molar-refractivity contribution >= 4 is 40.3 Å². The molecule has 0 spiro atoms. The summed E-state index contributed by atoms with van der Waals surface area (Å²) in [5, 5.41) is 11.8. The highest BCUT2D eigenvalue weighted by molar-refractivity contribution is 6.38. The van der Waals surface area contributed by atoms with Crippen LogP contribution < -0.4 is 21.3 Å². The normalized spacial score (nSPS) is 16.7. The lowest BCUT2D eigenvalue weighted by Gasteiger charge is -2.25. The number of amides is 4. The van der Waals surface area contributed by atoms with E-state index in [0.29, 0.717) is 12.1 Å². The molecule has 1 aliphatic heterocycles. The van der Waals surface area contributed by atoms with Crippen LogP contribution in [0, 0.1) is 0 Å². The molecule has 3 aromatic rings. The largest absolute Gasteiger partial charge is 0.351 e. The fraction of sp³-hybridized carbons (Fsp3) is 0.344. The summed E-state index contributed by atoms with van der Waals surface area (Å²) in [7, 11) is 0. The van der Waals surface area contributed by atoms with Gasteiger partial charge in [0.05, 0.1) is 0 Å². The lowest BCUT2D eigenvalue weighted by atomic mass is 9.94. The zero-order valence-electron chi connectivity index (χ0n) is 23.3. The molecule has 1 saturated carbocycles. The molecular formula is C32H35N5O5. The highest BCUT2D eigenvalue weighted by atomic mass is 16.2. The van der Waals surface area contributed by atoms with E-state index in [1.165, 1.54) is 0 Å². The second-order valence-corrected chi connectivity index (χ2v) is 10.9. The Morgan fingerprint density at radius 2 is 1.60 bits per heavy atom. The number of aromatic nitrogens is 1. The number of hydrogen-bond acceptors (Lipinski definition) is 5. The van der Waals surface area contributed by atoms with Crippen LogP contribution in [0.1, 0.15) is 54.6 Å². The van der Waals surface area contributed by atoms with Crippen LogP contribution in [-0.2, 0) is 25.6 Å². The van der Waals surface area contributed by atoms with Gasteiger partial charge >= 0.3 is 0 Å². The third-order valence-electron chi connectivity index (χ3n) is 7.80. The maximum atomic E-state index is 13.7. The number of carbonyl (C=O) groups is 5. The standard InChI is InChI=1S/C32H35N5O5/c38-28(32(42)34-23-12-5-2-6-13-23)25(19-22-15-16-33-29(22)39)36-30(40)26(17-20-9-3-1-4-10-20)37-31(41)27-18-21-11-7-8-14-24(21)35-27/h1,3-4,7-11,14-15,18,23,25-26,35H,2,5-6,12-13,16-17,19H2,(H,33,39)(H,34,42)(H,36,40)(H,37,41)/t25-,26-/m0/s1. The summed E-state index contributed by atoms with van der Waals surface area (Å²) in [6, 6.07) is 15.9. The second-order valence-electron chi connectivity index (χ2n) is 10.9. The third kappa shape index (κ3) is 7.12. The van der Waals surface area contributed by atoms with Crippen molar-refractivity contribution < 1.29 is 24.0 Å². The number of ketones is 1. The number of H-pyrrole nitrogens is 1. The van der Waals surface area contributed by atoms with E-state index in [0.717, 1.165) is 48.6 Å². The Bertz CT molecular complexity index is 1470. The zero-order chi connectivity index (χ0) is 29.5. The number of nitrogens with one attached hydrogen (secondary N) is 5. The van der Waals surface area contributed by atoms with Gasteiger partial charge in [0.25, 0.3) is 11.8 Å². The number of hydrogen-bond donors (Lipinski definition) is 5. The van der Waals surface area contributed by atoms with E-state index in [2.05, 4.69) is 26.3 Å². The van der Waals surface area contributed by atoms with Gasteiger partial charge in [-0.3, -0.25) is 24.0 Å². The third-order valence-corrected chi connectivity index (χ3v) is 7.80. The van der Waals surface area contributed by atoms with E-state index in [1.807, 2.05) is 54.6 Å². The summed E-state index contributed by atoms with van der Waals surface area (Å²) < 4.78 is 0. The molecule has 1 fully saturated rings. The summed E-state index contributed by atoms with van der Waals surface area (Å²) in [6.45, 7) is 0.314. The summed E-state index contributed by atoms with van der Waals surface area (Å²) >= 11 is 0. The van der Waals surface area contributed by atoms with Crippen molar-refractivity contribution in [1.29, 1.82) is 0 Å². The van der Waals surface area contributed by atoms with Crippen LogP contribution in [0.5, 0.6) is 0 Å². The molecule has 0 unspecified atom stereocenters. The molecule has 1 aromatic heterocycles. The number of benzene rings is 2. The first-order chi connectivity index (χ1) is 20.4. The summed E-state index contributed by atoms with van der Waals surface area (Å²) in [4.78, 5) is 68.7. The van der Waals surface area contributed by atoms with Crippen molar-refractivity contribution in [2.24, 2.45) is 0 Å². The molecule has 4 amide bonds. The van der Waals surface area contributed by atoms with Gasteiger partial charge in [0.1, 0.15) is 17.8 Å². The van der Waals surface area contributed by atoms with Gasteiger partial charge in [-0.05, 0) is 30.5 Å². The predicted molar refractivity (Wildman–Crippen MR) is 157 cm³/mol. The van der Waals surface area contributed by atoms with Crippen molar-refractivity contribution in [3.8, 4) is 0 Å². The van der Waals surface area contributed by atoms with Crippen LogP contribution in [0.15, 0.2) is 72.3 Å². The van der Waals surface area contributed by atoms with Gasteiger partial charge in [0.15, 0.2) is 0 Å². The zero-order valence-corrected chi connectivity index (χ0v) is 23.3. The average Bonchev–Trinajstić information content (AvgIpc) is 3.63. The van der Waals surface area contributed by atoms with E-state index in [4.69, 9.17) is 0 Å². The Labute approximate surface area is 243 Å². The highest BCUT2D eigenvalue weighted by Crippen LogP contribution is 2.18. The van der Waals surface area contributed by atoms with E-state index in [1.54, 1.807) is 12.1 Å². The molecule has 218 valence electrons. The molecule has 2 atom stereocenters. The maximum absolute atomic E-state index is 13.7. The molecule has 2 aromatic carbocycles. The summed E-state index contributed by atoms with van der Waals surface area (Å²) in [5.41, 5.74) is 2.19. The number of para-hydroxylation sites is 1. The summed E-state index contributed by atoms with van der Waals surface area (Å²) in [6.07, 6.45) is 6.29. The molecule has 42 heavy (non-hydrogen) atoms. The molecule has 5 N–H and O–H groups in total. The molecule has 0 radical (unpaired) electrons. The van der Waals surface area contributed by atoms with E-state index in [-0.39, 0.29) is 30.5 Å². The first kappa shape index (κ1) is 28.8. The van der Waals surface area contributed by atoms with Crippen LogP contribution in [-0.4, -0.2) is 59.1 Å². The van der Waals surface area contributed by atoms with Crippen LogP contribution in [0.3, 0.4) is 0 Å². The van der Waals surface area contributed by atoms with Gasteiger partial charge in [-0.25, -0.2) is 0 Å². The fourth-order valence-electron chi connectivity index (χ4n) is 5.50. The van der Waals surface area contributed by atoms with Crippen molar-refractivity contribution in [2.75, 3.05) is 6.54 Å². The van der Waals surface area contributed by atoms with Gasteiger partial charge in [0.2, 0.25) is 17.6 Å². The molecule has 10 heteroatoms. The van der Waals surface area contributed by atoms with E-state index in [9.17, 15) is 24.0 Å². The van der Waals surface area contributed by atoms with Gasteiger partial charge in [-0.1, -0.05) is 73.9 Å². The lowest BCUT2D eigenvalue weighted by Crippen LogP contribution is -2.55. The average molecular weight is 570 g/mol. The van der Waals surface area contributed by atoms with Crippen LogP contribution >= 0.6 is 0 Å². The molecular weight excluding hydrogens is 534 g/mol. The Morgan fingerprint density at radius 3 is 2.31 bits per heavy atom. The topological polar surface area (TPSA) is 149 Å². The lowest BCUT2D eigenvalue weighted by molar-refractivity contribution is -0.140. The molecule has 10 nitrogen and oxygen atoms in total. The minimum atomic E-state index is -1.28. The van der Waals surface area contributed by atoms with E-state index >= 15 is 0 Å². The Hall–Kier alpha value is -4.73. The molecule has 5 rings (SSSR count). The second kappa shape index (κ2) is 13.3. The Kier molecular flexibility index (Phi) is 9.11. The monoisotopic (exact) mass is 569 g/mol. The van der Waals surface area contributed by atoms with Gasteiger partial charge in [-0.15, -0.1) is 0 Å². The van der Waals surface area contributed by atoms with E-state index < -0.39 is 35.6 Å². The smallest absolute Gasteiger partial charge is 0.289 e. The van der Waals surface area contributed by atoms with Gasteiger partial charge < -0.3 is 26.3 Å². The van der Waals surface area contributed by atoms with Crippen LogP contribution in [0.4, 0.5) is 0 Å². The van der Waals surface area contributed by atoms with Crippen molar-refractivity contribution in [2.45, 2.75) is 63.1 Å². The van der Waals surface area contributed by atoms with Crippen LogP contribution in [0.25, 0.3) is 10.9 Å². The number of fused-ring (bicyclic) bond motifs is 1. The molecule has 2 aliphatic rings. The number of carbonyl (C=O) groups excluding carboxylic acids is 5. The van der Waals surface area contributed by atoms with Gasteiger partial charge in [0, 0.05) is 41.9 Å². The minimum absolute atomic E-state index is 0.0954. The number of rotatable bonds is 11. The van der Waals surface area contributed by atoms with Crippen LogP contribution in [0.2, 0.25) is 0 Å². The number of aromatic amines is 1. The number of Topliss-reactive ketones (excluding diaryl/α,β-unsaturated/α-hetero) is 1. The summed E-state index contributed by atoms with van der Waals surface area (Å²) in [5.74, 6) is -3.07. The molecule has 0 saturated heterocycles. The van der Waals surface area contributed by atoms with Crippen molar-refractivity contribution in [1.82, 2.24) is 26.3 Å². The quantitative estimate of drug-likeness (QED) is 0.225. The van der Waals surface area contributed by atoms with Crippen molar-refractivity contribution in [3.63, 3.8) is 0 Å². The molecule has 1 aliphatic carbocycles. The first-order valence-corrected chi connectivity index (χ1v) is 14.4.